The summed E-state index contributed by atoms with van der Waals surface area (Å²) in [5.41, 5.74) is -2.62. The highest BCUT2D eigenvalue weighted by Crippen LogP contribution is 2.67. The number of alkyl halides is 6. The molecule has 0 aromatic heterocycles. The summed E-state index contributed by atoms with van der Waals surface area (Å²) in [7, 11) is 0. The Morgan fingerprint density at radius 1 is 0.882 bits per heavy atom. The Bertz CT molecular complexity index is 281. The van der Waals surface area contributed by atoms with E-state index in [0.29, 0.717) is 12.8 Å². The van der Waals surface area contributed by atoms with Crippen molar-refractivity contribution in [3.05, 3.63) is 0 Å². The van der Waals surface area contributed by atoms with Gasteiger partial charge < -0.3 is 5.11 Å². The second kappa shape index (κ2) is 3.52. The minimum absolute atomic E-state index is 0.254. The van der Waals surface area contributed by atoms with Crippen LogP contribution in [0.25, 0.3) is 0 Å². The molecule has 100 valence electrons. The van der Waals surface area contributed by atoms with E-state index < -0.39 is 35.7 Å². The van der Waals surface area contributed by atoms with Gasteiger partial charge in [0.1, 0.15) is 0 Å². The molecule has 1 nitrogen and oxygen atoms in total. The van der Waals surface area contributed by atoms with Gasteiger partial charge in [0, 0.05) is 0 Å². The lowest BCUT2D eigenvalue weighted by Crippen LogP contribution is -2.48. The van der Waals surface area contributed by atoms with Crippen molar-refractivity contribution < 1.29 is 31.4 Å². The van der Waals surface area contributed by atoms with E-state index in [9.17, 15) is 31.4 Å². The van der Waals surface area contributed by atoms with Gasteiger partial charge in [0.15, 0.2) is 5.92 Å². The molecular weight excluding hydrogens is 250 g/mol. The first-order chi connectivity index (χ1) is 7.59. The lowest BCUT2D eigenvalue weighted by atomic mass is 9.95. The van der Waals surface area contributed by atoms with Crippen LogP contribution in [0.3, 0.4) is 0 Å². The number of halogens is 6. The van der Waals surface area contributed by atoms with Crippen molar-refractivity contribution in [3.63, 3.8) is 0 Å². The lowest BCUT2D eigenvalue weighted by molar-refractivity contribution is -0.315. The molecule has 2 aliphatic carbocycles. The molecule has 0 heterocycles. The minimum Gasteiger partial charge on any atom is -0.388 e. The normalized spacial score (nSPS) is 38.1. The van der Waals surface area contributed by atoms with Crippen LogP contribution in [-0.4, -0.2) is 23.1 Å². The van der Waals surface area contributed by atoms with E-state index in [1.165, 1.54) is 0 Å². The molecule has 2 atom stereocenters. The van der Waals surface area contributed by atoms with E-state index in [-0.39, 0.29) is 12.8 Å². The molecule has 2 aliphatic rings. The average Bonchev–Trinajstić information content (AvgIpc) is 2.68. The Morgan fingerprint density at radius 2 is 1.24 bits per heavy atom. The van der Waals surface area contributed by atoms with Crippen molar-refractivity contribution in [1.82, 2.24) is 0 Å². The highest BCUT2D eigenvalue weighted by Gasteiger charge is 2.79. The van der Waals surface area contributed by atoms with E-state index in [1.807, 2.05) is 0 Å². The summed E-state index contributed by atoms with van der Waals surface area (Å²) >= 11 is 0. The lowest BCUT2D eigenvalue weighted by Gasteiger charge is -2.28. The smallest absolute Gasteiger partial charge is 0.388 e. The molecule has 0 radical (unpaired) electrons. The molecule has 0 aromatic rings. The van der Waals surface area contributed by atoms with Crippen LogP contribution in [0.5, 0.6) is 0 Å². The van der Waals surface area contributed by atoms with Gasteiger partial charge in [-0.25, -0.2) is 0 Å². The Morgan fingerprint density at radius 3 is 1.53 bits per heavy atom. The van der Waals surface area contributed by atoms with Crippen LogP contribution >= 0.6 is 0 Å². The fraction of sp³-hybridized carbons (Fsp3) is 1.00. The predicted octanol–water partition coefficient (Wildman–Crippen LogP) is 3.28. The zero-order chi connectivity index (χ0) is 13.1. The summed E-state index contributed by atoms with van der Waals surface area (Å²) in [5, 5.41) is 9.78. The zero-order valence-corrected chi connectivity index (χ0v) is 8.78. The molecule has 17 heavy (non-hydrogen) atoms. The second-order valence-corrected chi connectivity index (χ2v) is 4.90. The Balaban J connectivity index is 2.29. The molecule has 0 spiro atoms. The zero-order valence-electron chi connectivity index (χ0n) is 8.78. The largest absolute Gasteiger partial charge is 0.403 e. The van der Waals surface area contributed by atoms with Gasteiger partial charge in [-0.05, 0) is 24.7 Å². The molecule has 0 aliphatic heterocycles. The highest BCUT2D eigenvalue weighted by molar-refractivity contribution is 5.18. The van der Waals surface area contributed by atoms with Crippen molar-refractivity contribution in [2.24, 2.45) is 17.8 Å². The molecular formula is C10H12F6O. The molecule has 0 saturated heterocycles. The molecule has 0 aromatic carbocycles. The molecule has 0 amide bonds. The maximum atomic E-state index is 12.5. The van der Waals surface area contributed by atoms with Crippen LogP contribution in [-0.2, 0) is 0 Å². The summed E-state index contributed by atoms with van der Waals surface area (Å²) in [4.78, 5) is 0. The quantitative estimate of drug-likeness (QED) is 0.719. The third kappa shape index (κ3) is 1.92. The van der Waals surface area contributed by atoms with E-state index in [4.69, 9.17) is 0 Å². The van der Waals surface area contributed by atoms with E-state index in [2.05, 4.69) is 0 Å². The summed E-state index contributed by atoms with van der Waals surface area (Å²) in [5.74, 6) is -5.29. The van der Waals surface area contributed by atoms with Gasteiger partial charge in [-0.2, -0.15) is 26.3 Å². The van der Waals surface area contributed by atoms with Gasteiger partial charge in [-0.15, -0.1) is 0 Å². The van der Waals surface area contributed by atoms with Crippen molar-refractivity contribution in [2.45, 2.75) is 43.6 Å². The van der Waals surface area contributed by atoms with Gasteiger partial charge in [0.25, 0.3) is 0 Å². The van der Waals surface area contributed by atoms with Crippen LogP contribution in [0.1, 0.15) is 25.7 Å². The summed E-state index contributed by atoms with van der Waals surface area (Å²) in [6, 6.07) is 0. The van der Waals surface area contributed by atoms with Crippen molar-refractivity contribution >= 4 is 0 Å². The number of aliphatic hydroxyl groups is 1. The third-order valence-corrected chi connectivity index (χ3v) is 3.96. The Hall–Kier alpha value is -0.460. The van der Waals surface area contributed by atoms with E-state index in [0.717, 1.165) is 0 Å². The van der Waals surface area contributed by atoms with Crippen LogP contribution in [0.2, 0.25) is 0 Å². The van der Waals surface area contributed by atoms with Crippen molar-refractivity contribution in [1.29, 1.82) is 0 Å². The third-order valence-electron chi connectivity index (χ3n) is 3.96. The molecule has 7 heteroatoms. The first-order valence-corrected chi connectivity index (χ1v) is 5.45. The minimum atomic E-state index is -5.44. The first kappa shape index (κ1) is 13.0. The first-order valence-electron chi connectivity index (χ1n) is 5.45. The van der Waals surface area contributed by atoms with Crippen LogP contribution in [0.4, 0.5) is 26.3 Å². The molecule has 2 fully saturated rings. The summed E-state index contributed by atoms with van der Waals surface area (Å²) in [6.07, 6.45) is -9.19. The molecule has 2 rings (SSSR count). The molecule has 1 N–H and O–H groups in total. The number of fused-ring (bicyclic) bond motifs is 1. The summed E-state index contributed by atoms with van der Waals surface area (Å²) < 4.78 is 75.1. The fourth-order valence-electron chi connectivity index (χ4n) is 3.28. The molecule has 2 unspecified atom stereocenters. The molecule has 0 bridgehead atoms. The maximum Gasteiger partial charge on any atom is 0.403 e. The van der Waals surface area contributed by atoms with Crippen molar-refractivity contribution in [3.8, 4) is 0 Å². The van der Waals surface area contributed by atoms with Gasteiger partial charge in [-0.1, -0.05) is 12.8 Å². The molecule has 2 saturated carbocycles. The maximum absolute atomic E-state index is 12.5. The van der Waals surface area contributed by atoms with Gasteiger partial charge in [-0.3, -0.25) is 0 Å². The predicted molar refractivity (Wildman–Crippen MR) is 46.0 cm³/mol. The monoisotopic (exact) mass is 262 g/mol. The van der Waals surface area contributed by atoms with E-state index >= 15 is 0 Å². The topological polar surface area (TPSA) is 20.2 Å². The van der Waals surface area contributed by atoms with Gasteiger partial charge in [0.2, 0.25) is 0 Å². The van der Waals surface area contributed by atoms with Crippen molar-refractivity contribution in [2.75, 3.05) is 0 Å². The van der Waals surface area contributed by atoms with Gasteiger partial charge in [0.05, 0.1) is 5.60 Å². The number of rotatable bonds is 1. The standard InChI is InChI=1S/C10H12F6O/c11-9(12,13)7(10(14,15)16)8(17)5-3-1-2-4-6(5)8/h5-7,17H,1-4H2. The second-order valence-electron chi connectivity index (χ2n) is 4.90. The van der Waals surface area contributed by atoms with Crippen LogP contribution in [0.15, 0.2) is 0 Å². The van der Waals surface area contributed by atoms with E-state index in [1.54, 1.807) is 0 Å². The fourth-order valence-corrected chi connectivity index (χ4v) is 3.28. The Kier molecular flexibility index (Phi) is 2.69. The highest BCUT2D eigenvalue weighted by atomic mass is 19.4. The Labute approximate surface area is 93.8 Å². The average molecular weight is 262 g/mol. The summed E-state index contributed by atoms with van der Waals surface area (Å²) in [6.45, 7) is 0. The number of hydrogen-bond acceptors (Lipinski definition) is 1. The van der Waals surface area contributed by atoms with Gasteiger partial charge >= 0.3 is 12.4 Å². The van der Waals surface area contributed by atoms with Crippen LogP contribution in [0, 0.1) is 17.8 Å². The number of hydrogen-bond donors (Lipinski definition) is 1. The SMILES string of the molecule is OC1(C(C(F)(F)F)C(F)(F)F)C2CCCCC21. The van der Waals surface area contributed by atoms with Crippen LogP contribution < -0.4 is 0 Å².